The van der Waals surface area contributed by atoms with Gasteiger partial charge in [-0.2, -0.15) is 11.8 Å². The molecule has 7 heteroatoms. The van der Waals surface area contributed by atoms with E-state index in [4.69, 9.17) is 15.6 Å². The molecule has 0 bridgehead atoms. The van der Waals surface area contributed by atoms with Crippen molar-refractivity contribution in [3.05, 3.63) is 0 Å². The molecule has 1 rings (SSSR count). The van der Waals surface area contributed by atoms with Crippen molar-refractivity contribution >= 4 is 17.7 Å². The molecule has 1 fully saturated rings. The van der Waals surface area contributed by atoms with Gasteiger partial charge >= 0.3 is 5.97 Å². The lowest BCUT2D eigenvalue weighted by Gasteiger charge is -2.29. The summed E-state index contributed by atoms with van der Waals surface area (Å²) in [4.78, 5) is 12.6. The number of aliphatic carboxylic acids is 1. The predicted octanol–water partition coefficient (Wildman–Crippen LogP) is -0.828. The number of rotatable bonds is 7. The number of aliphatic hydroxyl groups is 1. The topological polar surface area (TPSA) is 96.0 Å². The number of carboxylic acids is 1. The molecule has 2 atom stereocenters. The van der Waals surface area contributed by atoms with E-state index in [0.29, 0.717) is 18.9 Å². The number of morpholine rings is 1. The van der Waals surface area contributed by atoms with Gasteiger partial charge in [-0.3, -0.25) is 9.69 Å². The zero-order valence-corrected chi connectivity index (χ0v) is 10.6. The lowest BCUT2D eigenvalue weighted by molar-refractivity contribution is -0.145. The van der Waals surface area contributed by atoms with E-state index >= 15 is 0 Å². The van der Waals surface area contributed by atoms with Gasteiger partial charge in [0.25, 0.3) is 0 Å². The van der Waals surface area contributed by atoms with Crippen molar-refractivity contribution in [2.45, 2.75) is 18.8 Å². The van der Waals surface area contributed by atoms with E-state index < -0.39 is 18.3 Å². The van der Waals surface area contributed by atoms with Gasteiger partial charge in [-0.15, -0.1) is 0 Å². The number of aliphatic hydroxyl groups excluding tert-OH is 1. The first-order chi connectivity index (χ1) is 8.09. The second kappa shape index (κ2) is 7.88. The van der Waals surface area contributed by atoms with Crippen molar-refractivity contribution in [3.63, 3.8) is 0 Å². The van der Waals surface area contributed by atoms with E-state index in [0.717, 1.165) is 25.3 Å². The molecule has 1 aliphatic heterocycles. The third-order valence-corrected chi connectivity index (χ3v) is 3.68. The molecule has 0 aromatic heterocycles. The SMILES string of the molecule is NC(CSCCCN1CCOC(O)C1)C(=O)O. The Balaban J connectivity index is 1.98. The largest absolute Gasteiger partial charge is 0.480 e. The van der Waals surface area contributed by atoms with Gasteiger partial charge < -0.3 is 20.7 Å². The number of β-amino-alcohol motifs (C(OH)–C–C–N with tert-alkyl or cyclic N) is 1. The van der Waals surface area contributed by atoms with Crippen LogP contribution in [-0.2, 0) is 9.53 Å². The second-order valence-corrected chi connectivity index (χ2v) is 5.15. The summed E-state index contributed by atoms with van der Waals surface area (Å²) in [5, 5.41) is 17.8. The normalized spacial score (nSPS) is 23.5. The lowest BCUT2D eigenvalue weighted by atomic mass is 10.3. The highest BCUT2D eigenvalue weighted by molar-refractivity contribution is 7.99. The third-order valence-electron chi connectivity index (χ3n) is 2.51. The van der Waals surface area contributed by atoms with Gasteiger partial charge in [-0.1, -0.05) is 0 Å². The van der Waals surface area contributed by atoms with E-state index in [1.54, 1.807) is 11.8 Å². The van der Waals surface area contributed by atoms with Crippen LogP contribution in [0.1, 0.15) is 6.42 Å². The first kappa shape index (κ1) is 14.7. The molecule has 0 amide bonds. The Morgan fingerprint density at radius 3 is 3.06 bits per heavy atom. The van der Waals surface area contributed by atoms with E-state index in [-0.39, 0.29) is 0 Å². The van der Waals surface area contributed by atoms with Crippen molar-refractivity contribution in [1.82, 2.24) is 4.90 Å². The first-order valence-electron chi connectivity index (χ1n) is 5.67. The number of hydrogen-bond acceptors (Lipinski definition) is 6. The van der Waals surface area contributed by atoms with Crippen LogP contribution in [0.5, 0.6) is 0 Å². The van der Waals surface area contributed by atoms with Crippen LogP contribution in [0.15, 0.2) is 0 Å². The van der Waals surface area contributed by atoms with Crippen LogP contribution in [0.25, 0.3) is 0 Å². The van der Waals surface area contributed by atoms with Crippen LogP contribution in [0.4, 0.5) is 0 Å². The molecule has 0 spiro atoms. The van der Waals surface area contributed by atoms with Crippen LogP contribution >= 0.6 is 11.8 Å². The summed E-state index contributed by atoms with van der Waals surface area (Å²) in [5.74, 6) is 0.379. The van der Waals surface area contributed by atoms with Crippen molar-refractivity contribution in [3.8, 4) is 0 Å². The lowest BCUT2D eigenvalue weighted by Crippen LogP contribution is -2.42. The first-order valence-corrected chi connectivity index (χ1v) is 6.83. The quantitative estimate of drug-likeness (QED) is 0.517. The monoisotopic (exact) mass is 264 g/mol. The molecule has 0 saturated carbocycles. The minimum Gasteiger partial charge on any atom is -0.480 e. The molecule has 1 saturated heterocycles. The van der Waals surface area contributed by atoms with E-state index in [9.17, 15) is 9.90 Å². The average Bonchev–Trinajstić information content (AvgIpc) is 2.28. The fourth-order valence-electron chi connectivity index (χ4n) is 1.56. The van der Waals surface area contributed by atoms with Gasteiger partial charge in [-0.25, -0.2) is 0 Å². The Hall–Kier alpha value is -0.340. The van der Waals surface area contributed by atoms with Gasteiger partial charge in [0, 0.05) is 18.8 Å². The van der Waals surface area contributed by atoms with Crippen molar-refractivity contribution in [2.24, 2.45) is 5.73 Å². The number of nitrogens with two attached hydrogens (primary N) is 1. The fourth-order valence-corrected chi connectivity index (χ4v) is 2.45. The van der Waals surface area contributed by atoms with Crippen molar-refractivity contribution < 1.29 is 19.7 Å². The number of carbonyl (C=O) groups is 1. The minimum absolute atomic E-state index is 0.446. The highest BCUT2D eigenvalue weighted by Gasteiger charge is 2.17. The number of hydrogen-bond donors (Lipinski definition) is 3. The number of thioether (sulfide) groups is 1. The van der Waals surface area contributed by atoms with Crippen LogP contribution < -0.4 is 5.73 Å². The Labute approximate surface area is 105 Å². The summed E-state index contributed by atoms with van der Waals surface area (Å²) < 4.78 is 5.02. The van der Waals surface area contributed by atoms with Crippen LogP contribution in [-0.4, -0.2) is 71.2 Å². The van der Waals surface area contributed by atoms with Crippen LogP contribution in [0.3, 0.4) is 0 Å². The molecule has 0 radical (unpaired) electrons. The summed E-state index contributed by atoms with van der Waals surface area (Å²) in [6, 6.07) is -0.773. The highest BCUT2D eigenvalue weighted by Crippen LogP contribution is 2.07. The zero-order chi connectivity index (χ0) is 12.7. The number of carboxylic acid groups (broad SMARTS) is 1. The third kappa shape index (κ3) is 6.23. The van der Waals surface area contributed by atoms with Gasteiger partial charge in [0.05, 0.1) is 6.61 Å². The maximum Gasteiger partial charge on any atom is 0.321 e. The van der Waals surface area contributed by atoms with Crippen LogP contribution in [0.2, 0.25) is 0 Å². The molecule has 6 nitrogen and oxygen atoms in total. The Kier molecular flexibility index (Phi) is 6.83. The molecule has 1 aliphatic rings. The molecule has 2 unspecified atom stereocenters. The highest BCUT2D eigenvalue weighted by atomic mass is 32.2. The van der Waals surface area contributed by atoms with Gasteiger partial charge in [0.1, 0.15) is 6.04 Å². The molecule has 0 aliphatic carbocycles. The molecule has 17 heavy (non-hydrogen) atoms. The maximum absolute atomic E-state index is 10.5. The Morgan fingerprint density at radius 2 is 2.41 bits per heavy atom. The molecule has 1 heterocycles. The summed E-state index contributed by atoms with van der Waals surface area (Å²) >= 11 is 1.55. The molecular formula is C10H20N2O4S. The Morgan fingerprint density at radius 1 is 1.65 bits per heavy atom. The van der Waals surface area contributed by atoms with Gasteiger partial charge in [0.2, 0.25) is 0 Å². The van der Waals surface area contributed by atoms with E-state index in [2.05, 4.69) is 4.90 Å². The predicted molar refractivity (Wildman–Crippen MR) is 66.0 cm³/mol. The van der Waals surface area contributed by atoms with Crippen LogP contribution in [0, 0.1) is 0 Å². The second-order valence-electron chi connectivity index (χ2n) is 4.00. The number of ether oxygens (including phenoxy) is 1. The summed E-state index contributed by atoms with van der Waals surface area (Å²) in [6.07, 6.45) is 0.292. The summed E-state index contributed by atoms with van der Waals surface area (Å²) in [5.41, 5.74) is 5.38. The summed E-state index contributed by atoms with van der Waals surface area (Å²) in [6.45, 7) is 2.86. The molecule has 0 aromatic rings. The minimum atomic E-state index is -0.950. The van der Waals surface area contributed by atoms with E-state index in [1.165, 1.54) is 0 Å². The molecular weight excluding hydrogens is 244 g/mol. The zero-order valence-electron chi connectivity index (χ0n) is 9.75. The molecule has 4 N–H and O–H groups in total. The Bertz CT molecular complexity index is 242. The maximum atomic E-state index is 10.5. The standard InChI is InChI=1S/C10H20N2O4S/c11-8(10(14)15)7-17-5-1-2-12-3-4-16-9(13)6-12/h8-9,13H,1-7,11H2,(H,14,15). The molecule has 0 aromatic carbocycles. The number of nitrogens with zero attached hydrogens (tertiary/aromatic N) is 1. The van der Waals surface area contributed by atoms with Crippen molar-refractivity contribution in [2.75, 3.05) is 37.7 Å². The van der Waals surface area contributed by atoms with Gasteiger partial charge in [0.15, 0.2) is 6.29 Å². The average molecular weight is 264 g/mol. The summed E-state index contributed by atoms with van der Waals surface area (Å²) in [7, 11) is 0. The smallest absolute Gasteiger partial charge is 0.321 e. The van der Waals surface area contributed by atoms with Gasteiger partial charge in [-0.05, 0) is 18.7 Å². The molecule has 100 valence electrons. The van der Waals surface area contributed by atoms with Crippen molar-refractivity contribution in [1.29, 1.82) is 0 Å². The van der Waals surface area contributed by atoms with E-state index in [1.807, 2.05) is 0 Å². The fraction of sp³-hybridized carbons (Fsp3) is 0.900.